The van der Waals surface area contributed by atoms with E-state index in [1.54, 1.807) is 0 Å². The fourth-order valence-corrected chi connectivity index (χ4v) is 3.64. The van der Waals surface area contributed by atoms with Crippen molar-refractivity contribution in [2.24, 2.45) is 0 Å². The number of rotatable bonds is 10. The molecule has 1 N–H and O–H groups in total. The van der Waals surface area contributed by atoms with Crippen molar-refractivity contribution in [1.82, 2.24) is 14.9 Å². The number of para-hydroxylation sites is 2. The Labute approximate surface area is 171 Å². The van der Waals surface area contributed by atoms with Crippen molar-refractivity contribution in [2.45, 2.75) is 52.0 Å². The molecule has 148 valence electrons. The minimum atomic E-state index is 0.00421. The highest BCUT2D eigenvalue weighted by molar-refractivity contribution is 6.31. The number of halogens is 1. The molecule has 0 radical (unpaired) electrons. The van der Waals surface area contributed by atoms with E-state index in [-0.39, 0.29) is 5.91 Å². The summed E-state index contributed by atoms with van der Waals surface area (Å²) >= 11 is 6.13. The second-order valence-corrected chi connectivity index (χ2v) is 7.50. The monoisotopic (exact) mass is 397 g/mol. The number of aryl methyl sites for hydroxylation is 2. The van der Waals surface area contributed by atoms with Gasteiger partial charge in [-0.1, -0.05) is 61.7 Å². The van der Waals surface area contributed by atoms with E-state index >= 15 is 0 Å². The quantitative estimate of drug-likeness (QED) is 0.479. The normalized spacial score (nSPS) is 11.1. The summed E-state index contributed by atoms with van der Waals surface area (Å²) in [5.41, 5.74) is 3.12. The van der Waals surface area contributed by atoms with Gasteiger partial charge in [0, 0.05) is 24.5 Å². The number of fused-ring (bicyclic) bond motifs is 1. The molecule has 4 nitrogen and oxygen atoms in total. The summed E-state index contributed by atoms with van der Waals surface area (Å²) in [4.78, 5) is 17.0. The minimum Gasteiger partial charge on any atom is -0.356 e. The lowest BCUT2D eigenvalue weighted by molar-refractivity contribution is -0.120. The lowest BCUT2D eigenvalue weighted by atomic mass is 10.1. The summed E-state index contributed by atoms with van der Waals surface area (Å²) in [5, 5.41) is 3.64. The molecule has 0 saturated carbocycles. The number of nitrogens with zero attached hydrogens (tertiary/aromatic N) is 2. The molecule has 3 rings (SSSR count). The predicted molar refractivity (Wildman–Crippen MR) is 116 cm³/mol. The lowest BCUT2D eigenvalue weighted by Crippen LogP contribution is -2.26. The molecule has 0 spiro atoms. The Bertz CT molecular complexity index is 919. The Balaban J connectivity index is 1.54. The van der Waals surface area contributed by atoms with Gasteiger partial charge in [0.1, 0.15) is 5.82 Å². The van der Waals surface area contributed by atoms with Crippen molar-refractivity contribution in [2.75, 3.05) is 6.54 Å². The third kappa shape index (κ3) is 5.35. The molecule has 1 amide bonds. The van der Waals surface area contributed by atoms with Gasteiger partial charge >= 0.3 is 0 Å². The summed E-state index contributed by atoms with van der Waals surface area (Å²) in [6.45, 7) is 3.86. The van der Waals surface area contributed by atoms with Crippen LogP contribution in [0.2, 0.25) is 5.02 Å². The predicted octanol–water partition coefficient (Wildman–Crippen LogP) is 5.17. The van der Waals surface area contributed by atoms with Crippen molar-refractivity contribution in [1.29, 1.82) is 0 Å². The highest BCUT2D eigenvalue weighted by Crippen LogP contribution is 2.18. The van der Waals surface area contributed by atoms with Gasteiger partial charge in [0.25, 0.3) is 0 Å². The van der Waals surface area contributed by atoms with Crippen LogP contribution in [0.25, 0.3) is 11.0 Å². The maximum Gasteiger partial charge on any atom is 0.224 e. The number of aromatic nitrogens is 2. The van der Waals surface area contributed by atoms with E-state index in [1.807, 2.05) is 30.3 Å². The Kier molecular flexibility index (Phi) is 7.49. The highest BCUT2D eigenvalue weighted by Gasteiger charge is 2.11. The Hall–Kier alpha value is -2.33. The van der Waals surface area contributed by atoms with Crippen LogP contribution >= 0.6 is 11.6 Å². The van der Waals surface area contributed by atoms with Gasteiger partial charge in [-0.3, -0.25) is 4.79 Å². The van der Waals surface area contributed by atoms with Crippen molar-refractivity contribution >= 4 is 28.5 Å². The summed E-state index contributed by atoms with van der Waals surface area (Å²) in [5.74, 6) is 1.11. The smallest absolute Gasteiger partial charge is 0.224 e. The molecule has 2 aromatic carbocycles. The van der Waals surface area contributed by atoms with Gasteiger partial charge < -0.3 is 9.88 Å². The summed E-state index contributed by atoms with van der Waals surface area (Å²) < 4.78 is 2.34. The van der Waals surface area contributed by atoms with E-state index < -0.39 is 0 Å². The van der Waals surface area contributed by atoms with E-state index in [0.717, 1.165) is 36.3 Å². The van der Waals surface area contributed by atoms with Crippen LogP contribution in [-0.2, 0) is 24.2 Å². The van der Waals surface area contributed by atoms with Crippen molar-refractivity contribution < 1.29 is 4.79 Å². The Morgan fingerprint density at radius 2 is 1.86 bits per heavy atom. The van der Waals surface area contributed by atoms with Gasteiger partial charge in [-0.05, 0) is 36.6 Å². The van der Waals surface area contributed by atoms with Gasteiger partial charge in [0.2, 0.25) is 5.91 Å². The molecular weight excluding hydrogens is 370 g/mol. The van der Waals surface area contributed by atoms with E-state index in [9.17, 15) is 4.79 Å². The van der Waals surface area contributed by atoms with Crippen molar-refractivity contribution in [3.05, 3.63) is 64.9 Å². The van der Waals surface area contributed by atoms with Crippen LogP contribution in [0.5, 0.6) is 0 Å². The van der Waals surface area contributed by atoms with Crippen molar-refractivity contribution in [3.8, 4) is 0 Å². The van der Waals surface area contributed by atoms with Crippen LogP contribution in [0.15, 0.2) is 48.5 Å². The standard InChI is InChI=1S/C23H28ClN3O/c1-2-3-8-16-27-21-13-7-6-12-20(21)26-22(27)14-9-15-25-23(28)17-18-10-4-5-11-19(18)24/h4-7,10-13H,2-3,8-9,14-17H2,1H3,(H,25,28). The number of unbranched alkanes of at least 4 members (excludes halogenated alkanes) is 2. The number of hydrogen-bond donors (Lipinski definition) is 1. The molecule has 0 fully saturated rings. The number of imidazole rings is 1. The number of amides is 1. The summed E-state index contributed by atoms with van der Waals surface area (Å²) in [6.07, 6.45) is 5.63. The Morgan fingerprint density at radius 3 is 2.68 bits per heavy atom. The average Bonchev–Trinajstić information content (AvgIpc) is 3.05. The van der Waals surface area contributed by atoms with Crippen LogP contribution in [-0.4, -0.2) is 22.0 Å². The number of carbonyl (C=O) groups is 1. The molecule has 0 aliphatic heterocycles. The maximum atomic E-state index is 12.2. The first-order chi connectivity index (χ1) is 13.7. The third-order valence-electron chi connectivity index (χ3n) is 4.93. The number of nitrogens with one attached hydrogen (secondary N) is 1. The molecule has 0 saturated heterocycles. The first-order valence-electron chi connectivity index (χ1n) is 10.1. The van der Waals surface area contributed by atoms with Gasteiger partial charge in [-0.25, -0.2) is 4.98 Å². The van der Waals surface area contributed by atoms with E-state index in [0.29, 0.717) is 18.0 Å². The molecule has 1 heterocycles. The highest BCUT2D eigenvalue weighted by atomic mass is 35.5. The largest absolute Gasteiger partial charge is 0.356 e. The van der Waals surface area contributed by atoms with Gasteiger partial charge in [-0.15, -0.1) is 0 Å². The topological polar surface area (TPSA) is 46.9 Å². The van der Waals surface area contributed by atoms with Gasteiger partial charge in [0.05, 0.1) is 17.5 Å². The van der Waals surface area contributed by atoms with Crippen LogP contribution in [0.3, 0.4) is 0 Å². The molecule has 0 atom stereocenters. The van der Waals surface area contributed by atoms with E-state index in [4.69, 9.17) is 16.6 Å². The number of hydrogen-bond acceptors (Lipinski definition) is 2. The Morgan fingerprint density at radius 1 is 1.07 bits per heavy atom. The minimum absolute atomic E-state index is 0.00421. The van der Waals surface area contributed by atoms with Crippen LogP contribution in [0, 0.1) is 0 Å². The fraction of sp³-hybridized carbons (Fsp3) is 0.391. The van der Waals surface area contributed by atoms with Gasteiger partial charge in [-0.2, -0.15) is 0 Å². The van der Waals surface area contributed by atoms with Gasteiger partial charge in [0.15, 0.2) is 0 Å². The molecule has 28 heavy (non-hydrogen) atoms. The second kappa shape index (κ2) is 10.3. The van der Waals surface area contributed by atoms with Crippen LogP contribution < -0.4 is 5.32 Å². The summed E-state index contributed by atoms with van der Waals surface area (Å²) in [7, 11) is 0. The molecule has 3 aromatic rings. The van der Waals surface area contributed by atoms with Crippen LogP contribution in [0.1, 0.15) is 44.0 Å². The first-order valence-corrected chi connectivity index (χ1v) is 10.5. The summed E-state index contributed by atoms with van der Waals surface area (Å²) in [6, 6.07) is 15.8. The molecule has 0 unspecified atom stereocenters. The molecule has 1 aromatic heterocycles. The molecular formula is C23H28ClN3O. The zero-order valence-corrected chi connectivity index (χ0v) is 17.2. The van der Waals surface area contributed by atoms with Crippen LogP contribution in [0.4, 0.5) is 0 Å². The SMILES string of the molecule is CCCCCn1c(CCCNC(=O)Cc2ccccc2Cl)nc2ccccc21. The fourth-order valence-electron chi connectivity index (χ4n) is 3.44. The first kappa shape index (κ1) is 20.4. The number of carbonyl (C=O) groups excluding carboxylic acids is 1. The molecule has 0 aliphatic rings. The van der Waals surface area contributed by atoms with Crippen molar-refractivity contribution in [3.63, 3.8) is 0 Å². The molecule has 5 heteroatoms. The zero-order valence-electron chi connectivity index (χ0n) is 16.5. The molecule has 0 bridgehead atoms. The second-order valence-electron chi connectivity index (χ2n) is 7.10. The average molecular weight is 398 g/mol. The lowest BCUT2D eigenvalue weighted by Gasteiger charge is -2.10. The van der Waals surface area contributed by atoms with E-state index in [1.165, 1.54) is 24.8 Å². The third-order valence-corrected chi connectivity index (χ3v) is 5.30. The maximum absolute atomic E-state index is 12.2. The zero-order chi connectivity index (χ0) is 19.8. The molecule has 0 aliphatic carbocycles. The number of benzene rings is 2. The van der Waals surface area contributed by atoms with E-state index in [2.05, 4.69) is 35.0 Å².